The van der Waals surface area contributed by atoms with E-state index < -0.39 is 33.2 Å². The first-order valence-electron chi connectivity index (χ1n) is 8.03. The maximum Gasteiger partial charge on any atom is 0.268 e. The molecule has 8 heteroatoms. The molecule has 0 aliphatic heterocycles. The van der Waals surface area contributed by atoms with Crippen LogP contribution in [-0.4, -0.2) is 28.3 Å². The molecule has 26 heavy (non-hydrogen) atoms. The number of rotatable bonds is 5. The first kappa shape index (κ1) is 18.2. The molecule has 2 aromatic carbocycles. The van der Waals surface area contributed by atoms with Crippen LogP contribution in [0.3, 0.4) is 0 Å². The summed E-state index contributed by atoms with van der Waals surface area (Å²) in [6, 6.07) is 12.6. The van der Waals surface area contributed by atoms with Crippen molar-refractivity contribution in [2.24, 2.45) is 0 Å². The molecule has 3 aromatic rings. The molecular formula is C18H17FN2O4S. The summed E-state index contributed by atoms with van der Waals surface area (Å²) in [6.07, 6.45) is 0.319. The Bertz CT molecular complexity index is 1110. The summed E-state index contributed by atoms with van der Waals surface area (Å²) in [4.78, 5) is 17.4. The Morgan fingerprint density at radius 2 is 1.85 bits per heavy atom. The van der Waals surface area contributed by atoms with Crippen LogP contribution < -0.4 is 5.56 Å². The SMILES string of the molecule is CCC(CS(=O)(=O)O)c1nc2cccc(F)c2c(=O)n1-c1ccccc1. The zero-order chi connectivity index (χ0) is 18.9. The molecule has 6 nitrogen and oxygen atoms in total. The molecule has 0 amide bonds. The molecule has 1 N–H and O–H groups in total. The quantitative estimate of drug-likeness (QED) is 0.692. The van der Waals surface area contributed by atoms with Gasteiger partial charge in [-0.25, -0.2) is 9.37 Å². The number of nitrogens with zero attached hydrogens (tertiary/aromatic N) is 2. The molecule has 1 aromatic heterocycles. The van der Waals surface area contributed by atoms with Gasteiger partial charge in [0.15, 0.2) is 0 Å². The predicted molar refractivity (Wildman–Crippen MR) is 96.7 cm³/mol. The highest BCUT2D eigenvalue weighted by atomic mass is 32.2. The maximum absolute atomic E-state index is 14.2. The van der Waals surface area contributed by atoms with Crippen molar-refractivity contribution in [1.29, 1.82) is 0 Å². The second-order valence-corrected chi connectivity index (χ2v) is 7.43. The molecule has 0 saturated heterocycles. The number of fused-ring (bicyclic) bond motifs is 1. The molecule has 1 heterocycles. The van der Waals surface area contributed by atoms with E-state index in [0.717, 1.165) is 0 Å². The highest BCUT2D eigenvalue weighted by Crippen LogP contribution is 2.24. The van der Waals surface area contributed by atoms with Gasteiger partial charge in [-0.2, -0.15) is 8.42 Å². The summed E-state index contributed by atoms with van der Waals surface area (Å²) in [6.45, 7) is 1.73. The van der Waals surface area contributed by atoms with Gasteiger partial charge < -0.3 is 0 Å². The van der Waals surface area contributed by atoms with Crippen molar-refractivity contribution in [3.05, 3.63) is 70.5 Å². The normalized spacial score (nSPS) is 13.0. The van der Waals surface area contributed by atoms with Crippen LogP contribution in [0.4, 0.5) is 4.39 Å². The Hall–Kier alpha value is -2.58. The van der Waals surface area contributed by atoms with Gasteiger partial charge in [0.1, 0.15) is 17.0 Å². The van der Waals surface area contributed by atoms with Crippen LogP contribution in [0.5, 0.6) is 0 Å². The number of hydrogen-bond donors (Lipinski definition) is 1. The van der Waals surface area contributed by atoms with Crippen molar-refractivity contribution in [3.8, 4) is 5.69 Å². The van der Waals surface area contributed by atoms with Gasteiger partial charge in [-0.3, -0.25) is 13.9 Å². The Balaban J connectivity index is 2.39. The lowest BCUT2D eigenvalue weighted by molar-refractivity contribution is 0.472. The molecule has 136 valence electrons. The molecule has 0 bridgehead atoms. The van der Waals surface area contributed by atoms with Crippen molar-refractivity contribution >= 4 is 21.0 Å². The standard InChI is InChI=1S/C18H17FN2O4S/c1-2-12(11-26(23,24)25)17-20-15-10-6-9-14(19)16(15)18(22)21(17)13-7-4-3-5-8-13/h3-10,12H,2,11H2,1H3,(H,23,24,25). The summed E-state index contributed by atoms with van der Waals surface area (Å²) in [7, 11) is -4.29. The maximum atomic E-state index is 14.2. The van der Waals surface area contributed by atoms with Gasteiger partial charge in [-0.05, 0) is 30.7 Å². The molecule has 0 spiro atoms. The largest absolute Gasteiger partial charge is 0.286 e. The summed E-state index contributed by atoms with van der Waals surface area (Å²) in [5.41, 5.74) is -0.0343. The van der Waals surface area contributed by atoms with Crippen molar-refractivity contribution in [1.82, 2.24) is 9.55 Å². The number of para-hydroxylation sites is 1. The molecule has 0 fully saturated rings. The molecular weight excluding hydrogens is 359 g/mol. The second-order valence-electron chi connectivity index (χ2n) is 5.93. The van der Waals surface area contributed by atoms with Gasteiger partial charge in [-0.1, -0.05) is 31.2 Å². The molecule has 0 radical (unpaired) electrons. The van der Waals surface area contributed by atoms with E-state index in [1.54, 1.807) is 37.3 Å². The van der Waals surface area contributed by atoms with Crippen LogP contribution in [0.15, 0.2) is 53.3 Å². The Labute approximate surface area is 149 Å². The average Bonchev–Trinajstić information content (AvgIpc) is 2.59. The fourth-order valence-electron chi connectivity index (χ4n) is 2.94. The monoisotopic (exact) mass is 376 g/mol. The number of benzene rings is 2. The highest BCUT2D eigenvalue weighted by Gasteiger charge is 2.25. The van der Waals surface area contributed by atoms with E-state index in [0.29, 0.717) is 12.1 Å². The summed E-state index contributed by atoms with van der Waals surface area (Å²) < 4.78 is 47.5. The van der Waals surface area contributed by atoms with Crippen LogP contribution in [0.25, 0.3) is 16.6 Å². The molecule has 0 aliphatic carbocycles. The van der Waals surface area contributed by atoms with Crippen LogP contribution in [0, 0.1) is 5.82 Å². The number of hydrogen-bond acceptors (Lipinski definition) is 4. The third kappa shape index (κ3) is 3.51. The van der Waals surface area contributed by atoms with Gasteiger partial charge in [0.25, 0.3) is 15.7 Å². The first-order valence-corrected chi connectivity index (χ1v) is 9.64. The van der Waals surface area contributed by atoms with E-state index in [-0.39, 0.29) is 16.7 Å². The summed E-state index contributed by atoms with van der Waals surface area (Å²) >= 11 is 0. The Kier molecular flexibility index (Phi) is 4.88. The molecule has 1 atom stereocenters. The fraction of sp³-hybridized carbons (Fsp3) is 0.222. The highest BCUT2D eigenvalue weighted by molar-refractivity contribution is 7.85. The van der Waals surface area contributed by atoms with Crippen molar-refractivity contribution in [2.45, 2.75) is 19.3 Å². The molecule has 0 aliphatic rings. The molecule has 0 saturated carbocycles. The summed E-state index contributed by atoms with van der Waals surface area (Å²) in [5, 5.41) is -0.165. The zero-order valence-electron chi connectivity index (χ0n) is 14.0. The Morgan fingerprint density at radius 3 is 2.46 bits per heavy atom. The van der Waals surface area contributed by atoms with Crippen LogP contribution in [0.1, 0.15) is 25.1 Å². The fourth-order valence-corrected chi connectivity index (χ4v) is 3.83. The lowest BCUT2D eigenvalue weighted by atomic mass is 10.1. The minimum atomic E-state index is -4.29. The van der Waals surface area contributed by atoms with E-state index in [2.05, 4.69) is 4.98 Å². The average molecular weight is 376 g/mol. The van der Waals surface area contributed by atoms with Gasteiger partial charge in [-0.15, -0.1) is 0 Å². The van der Waals surface area contributed by atoms with Crippen molar-refractivity contribution in [3.63, 3.8) is 0 Å². The van der Waals surface area contributed by atoms with Gasteiger partial charge in [0.2, 0.25) is 0 Å². The minimum absolute atomic E-state index is 0.144. The van der Waals surface area contributed by atoms with Gasteiger partial charge in [0, 0.05) is 5.92 Å². The van der Waals surface area contributed by atoms with Crippen LogP contribution in [-0.2, 0) is 10.1 Å². The smallest absolute Gasteiger partial charge is 0.268 e. The van der Waals surface area contributed by atoms with Gasteiger partial charge >= 0.3 is 0 Å². The lowest BCUT2D eigenvalue weighted by Crippen LogP contribution is -2.28. The van der Waals surface area contributed by atoms with E-state index in [9.17, 15) is 22.2 Å². The second kappa shape index (κ2) is 6.97. The summed E-state index contributed by atoms with van der Waals surface area (Å²) in [5.74, 6) is -1.84. The molecule has 1 unspecified atom stereocenters. The molecule has 3 rings (SSSR count). The first-order chi connectivity index (χ1) is 12.3. The zero-order valence-corrected chi connectivity index (χ0v) is 14.8. The van der Waals surface area contributed by atoms with E-state index in [1.807, 2.05) is 0 Å². The van der Waals surface area contributed by atoms with Crippen molar-refractivity contribution in [2.75, 3.05) is 5.75 Å². The van der Waals surface area contributed by atoms with E-state index in [4.69, 9.17) is 0 Å². The Morgan fingerprint density at radius 1 is 1.15 bits per heavy atom. The van der Waals surface area contributed by atoms with Crippen LogP contribution >= 0.6 is 0 Å². The van der Waals surface area contributed by atoms with Crippen molar-refractivity contribution < 1.29 is 17.4 Å². The topological polar surface area (TPSA) is 89.3 Å². The van der Waals surface area contributed by atoms with E-state index >= 15 is 0 Å². The van der Waals surface area contributed by atoms with Gasteiger partial charge in [0.05, 0.1) is 17.0 Å². The van der Waals surface area contributed by atoms with Crippen LogP contribution in [0.2, 0.25) is 0 Å². The third-order valence-corrected chi connectivity index (χ3v) is 4.98. The third-order valence-electron chi connectivity index (χ3n) is 4.16. The lowest BCUT2D eigenvalue weighted by Gasteiger charge is -2.19. The minimum Gasteiger partial charge on any atom is -0.286 e. The predicted octanol–water partition coefficient (Wildman–Crippen LogP) is 2.91. The number of aromatic nitrogens is 2. The number of halogens is 1. The van der Waals surface area contributed by atoms with E-state index in [1.165, 1.54) is 22.8 Å².